The van der Waals surface area contributed by atoms with Gasteiger partial charge >= 0.3 is 6.01 Å². The average molecular weight is 567 g/mol. The highest BCUT2D eigenvalue weighted by Gasteiger charge is 2.24. The maximum atomic E-state index is 12.3. The van der Waals surface area contributed by atoms with Gasteiger partial charge in [-0.3, -0.25) is 9.59 Å². The fourth-order valence-corrected chi connectivity index (χ4v) is 5.60. The number of thiophene rings is 1. The van der Waals surface area contributed by atoms with Crippen LogP contribution in [0.1, 0.15) is 23.0 Å². The number of aryl methyl sites for hydroxylation is 1. The number of nitrogen functional groups attached to an aromatic ring is 1. The summed E-state index contributed by atoms with van der Waals surface area (Å²) in [5, 5.41) is 3.40. The van der Waals surface area contributed by atoms with Gasteiger partial charge in [0.15, 0.2) is 0 Å². The third-order valence-electron chi connectivity index (χ3n) is 6.22. The smallest absolute Gasteiger partial charge is 0.322 e. The highest BCUT2D eigenvalue weighted by atomic mass is 32.1. The van der Waals surface area contributed by atoms with Crippen molar-refractivity contribution in [3.63, 3.8) is 0 Å². The molecule has 0 radical (unpaired) electrons. The van der Waals surface area contributed by atoms with Crippen molar-refractivity contribution in [1.82, 2.24) is 15.0 Å². The van der Waals surface area contributed by atoms with Gasteiger partial charge in [0, 0.05) is 56.8 Å². The zero-order valence-electron chi connectivity index (χ0n) is 22.5. The first-order valence-corrected chi connectivity index (χ1v) is 13.2. The number of nitrogens with one attached hydrogen (secondary N) is 1. The molecule has 0 aliphatic carbocycles. The number of aromatic nitrogens is 3. The number of carbonyl (C=O) groups excluding carboxylic acids is 2. The first-order chi connectivity index (χ1) is 19.7. The second-order valence-electron chi connectivity index (χ2n) is 9.19. The molecule has 2 amide bonds. The molecule has 5 N–H and O–H groups in total. The summed E-state index contributed by atoms with van der Waals surface area (Å²) >= 11 is 1.35. The summed E-state index contributed by atoms with van der Waals surface area (Å²) in [6.45, 7) is 7.16. The van der Waals surface area contributed by atoms with Gasteiger partial charge in [0.2, 0.25) is 0 Å². The molecule has 206 valence electrons. The number of fused-ring (bicyclic) bond motifs is 1. The van der Waals surface area contributed by atoms with E-state index in [-0.39, 0.29) is 23.3 Å². The molecule has 5 aromatic rings. The predicted molar refractivity (Wildman–Crippen MR) is 160 cm³/mol. The van der Waals surface area contributed by atoms with Crippen LogP contribution in [0.3, 0.4) is 0 Å². The van der Waals surface area contributed by atoms with Crippen molar-refractivity contribution in [2.75, 3.05) is 18.2 Å². The molecule has 0 bridgehead atoms. The number of rotatable bonds is 8. The van der Waals surface area contributed by atoms with Crippen molar-refractivity contribution in [1.29, 1.82) is 0 Å². The number of pyridine rings is 1. The van der Waals surface area contributed by atoms with Crippen LogP contribution in [0.4, 0.5) is 11.5 Å². The van der Waals surface area contributed by atoms with E-state index in [1.807, 2.05) is 25.1 Å². The molecule has 5 rings (SSSR count). The van der Waals surface area contributed by atoms with Gasteiger partial charge in [0.25, 0.3) is 11.8 Å². The minimum Gasteiger partial charge on any atom is -0.496 e. The van der Waals surface area contributed by atoms with E-state index in [2.05, 4.69) is 26.8 Å². The molecule has 0 spiro atoms. The third kappa shape index (κ3) is 5.43. The number of nitrogens with zero attached hydrogens (tertiary/aromatic N) is 3. The second kappa shape index (κ2) is 11.1. The van der Waals surface area contributed by atoms with Crippen molar-refractivity contribution in [2.45, 2.75) is 13.8 Å². The Labute approximate surface area is 239 Å². The van der Waals surface area contributed by atoms with E-state index in [0.29, 0.717) is 32.8 Å². The Morgan fingerprint density at radius 3 is 2.49 bits per heavy atom. The van der Waals surface area contributed by atoms with Crippen LogP contribution in [-0.4, -0.2) is 33.9 Å². The lowest BCUT2D eigenvalue weighted by atomic mass is 9.97. The number of primary amides is 1. The monoisotopic (exact) mass is 566 g/mol. The fourth-order valence-electron chi connectivity index (χ4n) is 4.23. The van der Waals surface area contributed by atoms with Crippen LogP contribution in [0.15, 0.2) is 73.1 Å². The molecule has 0 aliphatic rings. The number of benzene rings is 2. The molecule has 11 heteroatoms. The van der Waals surface area contributed by atoms with Gasteiger partial charge < -0.3 is 26.3 Å². The Bertz CT molecular complexity index is 1830. The van der Waals surface area contributed by atoms with E-state index in [1.165, 1.54) is 17.5 Å². The molecular weight excluding hydrogens is 540 g/mol. The van der Waals surface area contributed by atoms with Gasteiger partial charge in [0.1, 0.15) is 17.3 Å². The number of anilines is 2. The Morgan fingerprint density at radius 2 is 1.83 bits per heavy atom. The lowest BCUT2D eigenvalue weighted by molar-refractivity contribution is -0.112. The van der Waals surface area contributed by atoms with Gasteiger partial charge in [-0.05, 0) is 49.7 Å². The molecular formula is C30H26N6O4S. The molecule has 0 unspecified atom stereocenters. The summed E-state index contributed by atoms with van der Waals surface area (Å²) in [5.74, 6) is 0.375. The largest absolute Gasteiger partial charge is 0.496 e. The van der Waals surface area contributed by atoms with Gasteiger partial charge in [-0.1, -0.05) is 18.7 Å². The molecule has 0 fully saturated rings. The van der Waals surface area contributed by atoms with Crippen molar-refractivity contribution in [3.8, 4) is 39.1 Å². The van der Waals surface area contributed by atoms with E-state index in [0.717, 1.165) is 27.3 Å². The zero-order chi connectivity index (χ0) is 29.3. The van der Waals surface area contributed by atoms with Gasteiger partial charge in [-0.25, -0.2) is 15.0 Å². The number of carbonyl (C=O) groups is 2. The Kier molecular flexibility index (Phi) is 7.36. The molecule has 2 aromatic carbocycles. The average Bonchev–Trinajstić information content (AvgIpc) is 3.34. The normalized spacial score (nSPS) is 10.8. The highest BCUT2D eigenvalue weighted by Crippen LogP contribution is 2.50. The molecule has 0 saturated heterocycles. The summed E-state index contributed by atoms with van der Waals surface area (Å²) in [7, 11) is 1.54. The first kappa shape index (κ1) is 27.3. The van der Waals surface area contributed by atoms with Crippen LogP contribution in [0.5, 0.6) is 17.5 Å². The predicted octanol–water partition coefficient (Wildman–Crippen LogP) is 5.73. The molecule has 0 atom stereocenters. The van der Waals surface area contributed by atoms with Gasteiger partial charge in [-0.15, -0.1) is 11.3 Å². The Balaban J connectivity index is 1.67. The van der Waals surface area contributed by atoms with E-state index >= 15 is 0 Å². The van der Waals surface area contributed by atoms with Crippen molar-refractivity contribution >= 4 is 44.7 Å². The standard InChI is InChI=1S/C30H26N6O4S/c1-15(2)29(38)36-18-7-10-20(22(13-18)39-4)25-23(24-26(41-25)21(28(32)37)14-34-27(24)31)17-5-8-19(9-6-17)40-30-33-12-11-16(3)35-30/h5-14H,1H2,2-4H3,(H2,31,34)(H2,32,37)(H,36,38). The lowest BCUT2D eigenvalue weighted by Crippen LogP contribution is -2.11. The topological polar surface area (TPSA) is 155 Å². The molecule has 3 aromatic heterocycles. The number of hydrogen-bond acceptors (Lipinski definition) is 9. The van der Waals surface area contributed by atoms with Crippen molar-refractivity contribution in [3.05, 3.63) is 84.3 Å². The summed E-state index contributed by atoms with van der Waals surface area (Å²) < 4.78 is 12.2. The summed E-state index contributed by atoms with van der Waals surface area (Å²) in [6, 6.07) is 14.7. The van der Waals surface area contributed by atoms with Crippen LogP contribution in [0.25, 0.3) is 31.7 Å². The zero-order valence-corrected chi connectivity index (χ0v) is 23.3. The van der Waals surface area contributed by atoms with Crippen LogP contribution >= 0.6 is 11.3 Å². The summed E-state index contributed by atoms with van der Waals surface area (Å²) in [5.41, 5.74) is 16.3. The number of ether oxygens (including phenoxy) is 2. The van der Waals surface area contributed by atoms with Crippen LogP contribution in [0.2, 0.25) is 0 Å². The van der Waals surface area contributed by atoms with E-state index in [4.69, 9.17) is 20.9 Å². The van der Waals surface area contributed by atoms with Crippen molar-refractivity contribution in [2.24, 2.45) is 5.73 Å². The fraction of sp³-hybridized carbons (Fsp3) is 0.100. The molecule has 0 aliphatic heterocycles. The maximum Gasteiger partial charge on any atom is 0.322 e. The highest BCUT2D eigenvalue weighted by molar-refractivity contribution is 7.23. The van der Waals surface area contributed by atoms with E-state index < -0.39 is 5.91 Å². The van der Waals surface area contributed by atoms with E-state index in [1.54, 1.807) is 50.6 Å². The van der Waals surface area contributed by atoms with Crippen LogP contribution in [-0.2, 0) is 4.79 Å². The van der Waals surface area contributed by atoms with Gasteiger partial charge in [0.05, 0.1) is 17.4 Å². The quantitative estimate of drug-likeness (QED) is 0.201. The van der Waals surface area contributed by atoms with Gasteiger partial charge in [-0.2, -0.15) is 0 Å². The summed E-state index contributed by atoms with van der Waals surface area (Å²) in [6.07, 6.45) is 3.01. The van der Waals surface area contributed by atoms with E-state index in [9.17, 15) is 9.59 Å². The van der Waals surface area contributed by atoms with Crippen LogP contribution in [0, 0.1) is 6.92 Å². The number of methoxy groups -OCH3 is 1. The Hall–Kier alpha value is -5.29. The molecule has 41 heavy (non-hydrogen) atoms. The minimum absolute atomic E-state index is 0.238. The van der Waals surface area contributed by atoms with Crippen molar-refractivity contribution < 1.29 is 19.1 Å². The first-order valence-electron chi connectivity index (χ1n) is 12.4. The molecule has 10 nitrogen and oxygen atoms in total. The lowest BCUT2D eigenvalue weighted by Gasteiger charge is -2.13. The number of hydrogen-bond donors (Lipinski definition) is 3. The Morgan fingerprint density at radius 1 is 1.07 bits per heavy atom. The van der Waals surface area contributed by atoms with Crippen LogP contribution < -0.4 is 26.3 Å². The molecule has 0 saturated carbocycles. The minimum atomic E-state index is -0.617. The summed E-state index contributed by atoms with van der Waals surface area (Å²) in [4.78, 5) is 38.0. The molecule has 3 heterocycles. The SMILES string of the molecule is C=C(C)C(=O)Nc1ccc(-c2sc3c(C(N)=O)cnc(N)c3c2-c2ccc(Oc3nccc(C)n3)cc2)c(OC)c1. The number of amides is 2. The number of nitrogens with two attached hydrogens (primary N) is 2. The second-order valence-corrected chi connectivity index (χ2v) is 10.2. The maximum absolute atomic E-state index is 12.3. The third-order valence-corrected chi connectivity index (χ3v) is 7.48.